The molecule has 18 heavy (non-hydrogen) atoms. The number of amides is 1. The van der Waals surface area contributed by atoms with Crippen molar-refractivity contribution in [1.82, 2.24) is 9.88 Å². The second-order valence-electron chi connectivity index (χ2n) is 4.66. The minimum atomic E-state index is 0.0348. The second kappa shape index (κ2) is 5.93. The number of nitrogens with zero attached hydrogens (tertiary/aromatic N) is 2. The first-order valence-corrected chi connectivity index (χ1v) is 6.29. The Morgan fingerprint density at radius 2 is 2.44 bits per heavy atom. The van der Waals surface area contributed by atoms with Gasteiger partial charge >= 0.3 is 0 Å². The van der Waals surface area contributed by atoms with E-state index in [2.05, 4.69) is 4.98 Å². The third kappa shape index (κ3) is 2.86. The molecule has 2 heterocycles. The number of aromatic nitrogens is 1. The zero-order valence-electron chi connectivity index (χ0n) is 10.4. The number of likely N-dealkylation sites (tertiary alicyclic amines) is 1. The monoisotopic (exact) mass is 249 g/mol. The fraction of sp³-hybridized carbons (Fsp3) is 0.538. The Balaban J connectivity index is 2.03. The summed E-state index contributed by atoms with van der Waals surface area (Å²) in [5, 5.41) is 8.91. The van der Waals surface area contributed by atoms with Gasteiger partial charge in [0, 0.05) is 38.0 Å². The minimum Gasteiger partial charge on any atom is -0.396 e. The van der Waals surface area contributed by atoms with E-state index >= 15 is 0 Å². The van der Waals surface area contributed by atoms with Crippen molar-refractivity contribution in [2.24, 2.45) is 11.7 Å². The van der Waals surface area contributed by atoms with Gasteiger partial charge in [-0.2, -0.15) is 0 Å². The highest BCUT2D eigenvalue weighted by atomic mass is 16.3. The van der Waals surface area contributed by atoms with Crippen molar-refractivity contribution in [3.8, 4) is 0 Å². The number of carbonyl (C=O) groups excluding carboxylic acids is 1. The fourth-order valence-corrected chi connectivity index (χ4v) is 2.34. The van der Waals surface area contributed by atoms with Crippen LogP contribution >= 0.6 is 0 Å². The van der Waals surface area contributed by atoms with Crippen LogP contribution in [0.3, 0.4) is 0 Å². The summed E-state index contributed by atoms with van der Waals surface area (Å²) in [6.45, 7) is 2.04. The summed E-state index contributed by atoms with van der Waals surface area (Å²) in [7, 11) is 0. The predicted octanol–water partition coefficient (Wildman–Crippen LogP) is 0.385. The van der Waals surface area contributed by atoms with Crippen LogP contribution in [0.5, 0.6) is 0 Å². The maximum Gasteiger partial charge on any atom is 0.253 e. The maximum absolute atomic E-state index is 12.3. The lowest BCUT2D eigenvalue weighted by Crippen LogP contribution is -2.29. The van der Waals surface area contributed by atoms with Crippen LogP contribution in [0.1, 0.15) is 28.9 Å². The van der Waals surface area contributed by atoms with Crippen LogP contribution in [0, 0.1) is 5.92 Å². The van der Waals surface area contributed by atoms with Gasteiger partial charge in [0.15, 0.2) is 0 Å². The average Bonchev–Trinajstić information content (AvgIpc) is 2.87. The van der Waals surface area contributed by atoms with Crippen LogP contribution in [0.2, 0.25) is 0 Å². The van der Waals surface area contributed by atoms with Gasteiger partial charge in [0.1, 0.15) is 0 Å². The number of carbonyl (C=O) groups is 1. The van der Waals surface area contributed by atoms with Gasteiger partial charge in [-0.3, -0.25) is 9.78 Å². The SMILES string of the molecule is NCc1cc(C(=O)N2CCC(CCO)C2)ccn1. The smallest absolute Gasteiger partial charge is 0.253 e. The molecule has 1 fully saturated rings. The van der Waals surface area contributed by atoms with Crippen LogP contribution < -0.4 is 5.73 Å². The van der Waals surface area contributed by atoms with Gasteiger partial charge in [-0.25, -0.2) is 0 Å². The molecule has 1 aliphatic rings. The minimum absolute atomic E-state index is 0.0348. The predicted molar refractivity (Wildman–Crippen MR) is 67.8 cm³/mol. The summed E-state index contributed by atoms with van der Waals surface area (Å²) in [6, 6.07) is 3.47. The van der Waals surface area contributed by atoms with E-state index < -0.39 is 0 Å². The topological polar surface area (TPSA) is 79.5 Å². The molecular formula is C13H19N3O2. The Hall–Kier alpha value is -1.46. The number of rotatable bonds is 4. The highest BCUT2D eigenvalue weighted by Crippen LogP contribution is 2.21. The Bertz CT molecular complexity index is 422. The molecule has 98 valence electrons. The Labute approximate surface area is 107 Å². The van der Waals surface area contributed by atoms with Gasteiger partial charge in [-0.1, -0.05) is 0 Å². The van der Waals surface area contributed by atoms with Crippen LogP contribution in [0.15, 0.2) is 18.3 Å². The fourth-order valence-electron chi connectivity index (χ4n) is 2.34. The van der Waals surface area contributed by atoms with Crippen molar-refractivity contribution in [1.29, 1.82) is 0 Å². The van der Waals surface area contributed by atoms with Crippen LogP contribution in [-0.2, 0) is 6.54 Å². The lowest BCUT2D eigenvalue weighted by molar-refractivity contribution is 0.0784. The molecule has 1 saturated heterocycles. The molecule has 0 saturated carbocycles. The molecule has 5 heteroatoms. The van der Waals surface area contributed by atoms with Crippen molar-refractivity contribution in [2.45, 2.75) is 19.4 Å². The molecule has 0 spiro atoms. The zero-order chi connectivity index (χ0) is 13.0. The maximum atomic E-state index is 12.3. The number of nitrogens with two attached hydrogens (primary N) is 1. The summed E-state index contributed by atoms with van der Waals surface area (Å²) in [6.07, 6.45) is 3.37. The van der Waals surface area contributed by atoms with Gasteiger partial charge in [-0.15, -0.1) is 0 Å². The van der Waals surface area contributed by atoms with E-state index in [0.29, 0.717) is 18.0 Å². The van der Waals surface area contributed by atoms with E-state index in [-0.39, 0.29) is 12.5 Å². The normalized spacial score (nSPS) is 19.2. The van der Waals surface area contributed by atoms with Gasteiger partial charge in [0.25, 0.3) is 5.91 Å². The van der Waals surface area contributed by atoms with Crippen LogP contribution in [0.25, 0.3) is 0 Å². The molecule has 1 aliphatic heterocycles. The molecule has 0 radical (unpaired) electrons. The molecule has 1 amide bonds. The quantitative estimate of drug-likeness (QED) is 0.808. The molecule has 0 aromatic carbocycles. The van der Waals surface area contributed by atoms with Crippen molar-refractivity contribution in [3.05, 3.63) is 29.6 Å². The van der Waals surface area contributed by atoms with Gasteiger partial charge in [-0.05, 0) is 30.9 Å². The van der Waals surface area contributed by atoms with E-state index in [9.17, 15) is 4.79 Å². The summed E-state index contributed by atoms with van der Waals surface area (Å²) in [5.74, 6) is 0.460. The average molecular weight is 249 g/mol. The number of aliphatic hydroxyl groups excluding tert-OH is 1. The third-order valence-corrected chi connectivity index (χ3v) is 3.38. The summed E-state index contributed by atoms with van der Waals surface area (Å²) < 4.78 is 0. The van der Waals surface area contributed by atoms with Crippen LogP contribution in [-0.4, -0.2) is 40.6 Å². The first-order valence-electron chi connectivity index (χ1n) is 6.29. The Morgan fingerprint density at radius 3 is 3.17 bits per heavy atom. The highest BCUT2D eigenvalue weighted by Gasteiger charge is 2.26. The van der Waals surface area contributed by atoms with Crippen molar-refractivity contribution in [2.75, 3.05) is 19.7 Å². The Kier molecular flexibility index (Phi) is 4.28. The van der Waals surface area contributed by atoms with Crippen LogP contribution in [0.4, 0.5) is 0 Å². The number of hydrogen-bond acceptors (Lipinski definition) is 4. The molecule has 1 unspecified atom stereocenters. The molecule has 1 aromatic heterocycles. The molecule has 1 aromatic rings. The zero-order valence-corrected chi connectivity index (χ0v) is 10.4. The first kappa shape index (κ1) is 13.0. The standard InChI is InChI=1S/C13H19N3O2/c14-8-12-7-11(1-4-15-12)13(18)16-5-2-10(9-16)3-6-17/h1,4,7,10,17H,2-3,5-6,8-9,14H2. The highest BCUT2D eigenvalue weighted by molar-refractivity contribution is 5.94. The van der Waals surface area contributed by atoms with Crippen molar-refractivity contribution >= 4 is 5.91 Å². The molecule has 0 bridgehead atoms. The molecule has 1 atom stereocenters. The lowest BCUT2D eigenvalue weighted by Gasteiger charge is -2.16. The Morgan fingerprint density at radius 1 is 1.61 bits per heavy atom. The van der Waals surface area contributed by atoms with Crippen molar-refractivity contribution in [3.63, 3.8) is 0 Å². The number of aliphatic hydroxyl groups is 1. The van der Waals surface area contributed by atoms with Gasteiger partial charge in [0.2, 0.25) is 0 Å². The first-order chi connectivity index (χ1) is 8.74. The number of hydrogen-bond donors (Lipinski definition) is 2. The summed E-state index contributed by atoms with van der Waals surface area (Å²) in [4.78, 5) is 18.2. The molecule has 3 N–H and O–H groups in total. The molecule has 0 aliphatic carbocycles. The van der Waals surface area contributed by atoms with E-state index in [1.165, 1.54) is 0 Å². The van der Waals surface area contributed by atoms with Gasteiger partial charge < -0.3 is 15.7 Å². The lowest BCUT2D eigenvalue weighted by atomic mass is 10.1. The third-order valence-electron chi connectivity index (χ3n) is 3.38. The summed E-state index contributed by atoms with van der Waals surface area (Å²) in [5.41, 5.74) is 6.90. The largest absolute Gasteiger partial charge is 0.396 e. The summed E-state index contributed by atoms with van der Waals surface area (Å²) >= 11 is 0. The van der Waals surface area contributed by atoms with E-state index in [1.54, 1.807) is 18.3 Å². The molecular weight excluding hydrogens is 230 g/mol. The molecule has 2 rings (SSSR count). The van der Waals surface area contributed by atoms with E-state index in [0.717, 1.165) is 31.6 Å². The molecule has 5 nitrogen and oxygen atoms in total. The van der Waals surface area contributed by atoms with E-state index in [1.807, 2.05) is 4.90 Å². The van der Waals surface area contributed by atoms with Crippen molar-refractivity contribution < 1.29 is 9.90 Å². The number of pyridine rings is 1. The van der Waals surface area contributed by atoms with E-state index in [4.69, 9.17) is 10.8 Å². The van der Waals surface area contributed by atoms with Gasteiger partial charge in [0.05, 0.1) is 5.69 Å². The second-order valence-corrected chi connectivity index (χ2v) is 4.66.